The maximum atomic E-state index is 12.8. The molecule has 2 rings (SSSR count). The molecule has 8 heteroatoms. The number of nitrogens with zero attached hydrogens (tertiary/aromatic N) is 1. The summed E-state index contributed by atoms with van der Waals surface area (Å²) in [6, 6.07) is 9.26. The van der Waals surface area contributed by atoms with Gasteiger partial charge in [0.2, 0.25) is 0 Å². The highest BCUT2D eigenvalue weighted by molar-refractivity contribution is 6.00. The molecular weight excluding hydrogens is 374 g/mol. The molecule has 0 aliphatic carbocycles. The van der Waals surface area contributed by atoms with Gasteiger partial charge in [0, 0.05) is 24.9 Å². The van der Waals surface area contributed by atoms with Crippen molar-refractivity contribution >= 4 is 17.3 Å². The Hall–Kier alpha value is -3.29. The first kappa shape index (κ1) is 22.0. The summed E-state index contributed by atoms with van der Waals surface area (Å²) in [5, 5.41) is 16.8. The third kappa shape index (κ3) is 5.60. The molecule has 0 heterocycles. The van der Waals surface area contributed by atoms with Crippen molar-refractivity contribution in [2.45, 2.75) is 26.8 Å². The molecular formula is C21H27N3O5. The number of rotatable bonds is 9. The molecule has 8 nitrogen and oxygen atoms in total. The Balaban J connectivity index is 2.21. The second-order valence-corrected chi connectivity index (χ2v) is 7.05. The first-order valence-corrected chi connectivity index (χ1v) is 9.34. The van der Waals surface area contributed by atoms with Crippen LogP contribution in [0.25, 0.3) is 0 Å². The van der Waals surface area contributed by atoms with Crippen LogP contribution in [-0.4, -0.2) is 31.6 Å². The fourth-order valence-corrected chi connectivity index (χ4v) is 2.74. The monoisotopic (exact) mass is 401 g/mol. The Morgan fingerprint density at radius 2 is 1.86 bits per heavy atom. The second kappa shape index (κ2) is 9.77. The summed E-state index contributed by atoms with van der Waals surface area (Å²) in [6.45, 7) is 6.52. The van der Waals surface area contributed by atoms with Gasteiger partial charge < -0.3 is 20.1 Å². The summed E-state index contributed by atoms with van der Waals surface area (Å²) in [7, 11) is 3.22. The minimum atomic E-state index is -0.527. The Bertz CT molecular complexity index is 883. The highest BCUT2D eigenvalue weighted by Gasteiger charge is 2.19. The van der Waals surface area contributed by atoms with Gasteiger partial charge in [0.1, 0.15) is 0 Å². The molecule has 1 unspecified atom stereocenters. The van der Waals surface area contributed by atoms with Crippen LogP contribution in [0.1, 0.15) is 42.7 Å². The van der Waals surface area contributed by atoms with Crippen molar-refractivity contribution in [2.24, 2.45) is 5.92 Å². The standard InChI is InChI=1S/C21H27N3O5/c1-13(2)12-29-19-9-6-15(10-20(19)28-5)14(3)23-21(25)17-11-16(24(26)27)7-8-18(17)22-4/h6-11,13-14,22H,12H2,1-5H3,(H,23,25). The number of carbonyl (C=O) groups excluding carboxylic acids is 1. The lowest BCUT2D eigenvalue weighted by molar-refractivity contribution is -0.384. The van der Waals surface area contributed by atoms with Crippen molar-refractivity contribution < 1.29 is 19.2 Å². The summed E-state index contributed by atoms with van der Waals surface area (Å²) in [4.78, 5) is 23.3. The molecule has 0 aromatic heterocycles. The van der Waals surface area contributed by atoms with Crippen LogP contribution in [-0.2, 0) is 0 Å². The van der Waals surface area contributed by atoms with Crippen LogP contribution >= 0.6 is 0 Å². The van der Waals surface area contributed by atoms with E-state index in [0.717, 1.165) is 5.56 Å². The van der Waals surface area contributed by atoms with Crippen molar-refractivity contribution in [1.82, 2.24) is 5.32 Å². The maximum Gasteiger partial charge on any atom is 0.270 e. The third-order valence-corrected chi connectivity index (χ3v) is 4.34. The van der Waals surface area contributed by atoms with E-state index in [1.807, 2.05) is 25.1 Å². The summed E-state index contributed by atoms with van der Waals surface area (Å²) in [5.74, 6) is 1.19. The number of hydrogen-bond donors (Lipinski definition) is 2. The van der Waals surface area contributed by atoms with Gasteiger partial charge in [-0.2, -0.15) is 0 Å². The zero-order chi connectivity index (χ0) is 21.6. The van der Waals surface area contributed by atoms with Gasteiger partial charge in [0.25, 0.3) is 11.6 Å². The van der Waals surface area contributed by atoms with Crippen molar-refractivity contribution in [3.05, 3.63) is 57.6 Å². The number of nitro groups is 1. The topological polar surface area (TPSA) is 103 Å². The quantitative estimate of drug-likeness (QED) is 0.483. The van der Waals surface area contributed by atoms with Crippen LogP contribution in [0.4, 0.5) is 11.4 Å². The molecule has 2 aromatic rings. The van der Waals surface area contributed by atoms with Gasteiger partial charge in [0.05, 0.1) is 30.2 Å². The first-order valence-electron chi connectivity index (χ1n) is 9.34. The van der Waals surface area contributed by atoms with Crippen LogP contribution in [0.2, 0.25) is 0 Å². The molecule has 0 saturated carbocycles. The molecule has 0 aliphatic rings. The minimum Gasteiger partial charge on any atom is -0.493 e. The largest absolute Gasteiger partial charge is 0.493 e. The first-order chi connectivity index (χ1) is 13.8. The van der Waals surface area contributed by atoms with Gasteiger partial charge in [-0.05, 0) is 36.6 Å². The zero-order valence-electron chi connectivity index (χ0n) is 17.3. The highest BCUT2D eigenvalue weighted by Crippen LogP contribution is 2.31. The number of carbonyl (C=O) groups is 1. The number of hydrogen-bond acceptors (Lipinski definition) is 6. The Morgan fingerprint density at radius 1 is 1.14 bits per heavy atom. The van der Waals surface area contributed by atoms with E-state index in [2.05, 4.69) is 24.5 Å². The average Bonchev–Trinajstić information content (AvgIpc) is 2.71. The van der Waals surface area contributed by atoms with E-state index in [0.29, 0.717) is 29.7 Å². The summed E-state index contributed by atoms with van der Waals surface area (Å²) >= 11 is 0. The lowest BCUT2D eigenvalue weighted by Crippen LogP contribution is -2.27. The molecule has 0 radical (unpaired) electrons. The number of ether oxygens (including phenoxy) is 2. The van der Waals surface area contributed by atoms with E-state index in [1.54, 1.807) is 14.2 Å². The summed E-state index contributed by atoms with van der Waals surface area (Å²) in [5.41, 5.74) is 1.39. The van der Waals surface area contributed by atoms with Gasteiger partial charge >= 0.3 is 0 Å². The minimum absolute atomic E-state index is 0.143. The smallest absolute Gasteiger partial charge is 0.270 e. The molecule has 0 fully saturated rings. The number of methoxy groups -OCH3 is 1. The van der Waals surface area contributed by atoms with Crippen LogP contribution in [0, 0.1) is 16.0 Å². The molecule has 0 spiro atoms. The number of nitro benzene ring substituents is 1. The second-order valence-electron chi connectivity index (χ2n) is 7.05. The SMILES string of the molecule is CNc1ccc([N+](=O)[O-])cc1C(=O)NC(C)c1ccc(OCC(C)C)c(OC)c1. The van der Waals surface area contributed by atoms with E-state index >= 15 is 0 Å². The van der Waals surface area contributed by atoms with Crippen molar-refractivity contribution in [3.63, 3.8) is 0 Å². The molecule has 2 aromatic carbocycles. The van der Waals surface area contributed by atoms with Gasteiger partial charge in [-0.3, -0.25) is 14.9 Å². The van der Waals surface area contributed by atoms with Crippen LogP contribution in [0.3, 0.4) is 0 Å². The third-order valence-electron chi connectivity index (χ3n) is 4.34. The van der Waals surface area contributed by atoms with Gasteiger partial charge in [0.15, 0.2) is 11.5 Å². The molecule has 1 atom stereocenters. The van der Waals surface area contributed by atoms with E-state index < -0.39 is 10.8 Å². The Labute approximate surface area is 170 Å². The highest BCUT2D eigenvalue weighted by atomic mass is 16.6. The van der Waals surface area contributed by atoms with Crippen molar-refractivity contribution in [1.29, 1.82) is 0 Å². The number of benzene rings is 2. The van der Waals surface area contributed by atoms with Crippen LogP contribution in [0.5, 0.6) is 11.5 Å². The average molecular weight is 401 g/mol. The number of nitrogens with one attached hydrogen (secondary N) is 2. The molecule has 2 N–H and O–H groups in total. The number of amides is 1. The van der Waals surface area contributed by atoms with E-state index in [4.69, 9.17) is 9.47 Å². The van der Waals surface area contributed by atoms with E-state index in [1.165, 1.54) is 18.2 Å². The fraction of sp³-hybridized carbons (Fsp3) is 0.381. The molecule has 156 valence electrons. The predicted molar refractivity (Wildman–Crippen MR) is 112 cm³/mol. The van der Waals surface area contributed by atoms with Crippen molar-refractivity contribution in [2.75, 3.05) is 26.1 Å². The normalized spacial score (nSPS) is 11.7. The van der Waals surface area contributed by atoms with Gasteiger partial charge in [-0.1, -0.05) is 19.9 Å². The fourth-order valence-electron chi connectivity index (χ4n) is 2.74. The zero-order valence-corrected chi connectivity index (χ0v) is 17.3. The van der Waals surface area contributed by atoms with Gasteiger partial charge in [-0.25, -0.2) is 0 Å². The lowest BCUT2D eigenvalue weighted by atomic mass is 10.1. The molecule has 0 aliphatic heterocycles. The number of non-ortho nitro benzene ring substituents is 1. The molecule has 1 amide bonds. The number of anilines is 1. The Morgan fingerprint density at radius 3 is 2.45 bits per heavy atom. The van der Waals surface area contributed by atoms with Gasteiger partial charge in [-0.15, -0.1) is 0 Å². The predicted octanol–water partition coefficient (Wildman–Crippen LogP) is 4.17. The van der Waals surface area contributed by atoms with Crippen LogP contribution < -0.4 is 20.1 Å². The van der Waals surface area contributed by atoms with Crippen LogP contribution in [0.15, 0.2) is 36.4 Å². The maximum absolute atomic E-state index is 12.8. The summed E-state index contributed by atoms with van der Waals surface area (Å²) in [6.07, 6.45) is 0. The summed E-state index contributed by atoms with van der Waals surface area (Å²) < 4.78 is 11.2. The van der Waals surface area contributed by atoms with E-state index in [-0.39, 0.29) is 17.3 Å². The Kier molecular flexibility index (Phi) is 7.41. The molecule has 29 heavy (non-hydrogen) atoms. The molecule has 0 saturated heterocycles. The van der Waals surface area contributed by atoms with E-state index in [9.17, 15) is 14.9 Å². The van der Waals surface area contributed by atoms with Crippen molar-refractivity contribution in [3.8, 4) is 11.5 Å². The lowest BCUT2D eigenvalue weighted by Gasteiger charge is -2.18. The molecule has 0 bridgehead atoms.